The molecule has 0 N–H and O–H groups in total. The summed E-state index contributed by atoms with van der Waals surface area (Å²) in [6, 6.07) is 18.2. The molecule has 6 heteroatoms. The zero-order chi connectivity index (χ0) is 18.8. The van der Waals surface area contributed by atoms with Gasteiger partial charge >= 0.3 is 0 Å². The van der Waals surface area contributed by atoms with Crippen LogP contribution < -0.4 is 0 Å². The minimum absolute atomic E-state index is 0.124. The predicted molar refractivity (Wildman–Crippen MR) is 137 cm³/mol. The van der Waals surface area contributed by atoms with Crippen LogP contribution in [0.15, 0.2) is 60.7 Å². The molecule has 26 heavy (non-hydrogen) atoms. The molecule has 0 aliphatic rings. The minimum atomic E-state index is -0.124. The monoisotopic (exact) mass is 790 g/mol. The molecule has 0 saturated heterocycles. The van der Waals surface area contributed by atoms with Crippen molar-refractivity contribution in [3.63, 3.8) is 0 Å². The molecule has 130 valence electrons. The number of hydrogen-bond donors (Lipinski definition) is 0. The van der Waals surface area contributed by atoms with Gasteiger partial charge in [-0.15, -0.1) is 0 Å². The minimum Gasteiger partial charge on any atom is -0.289 e. The van der Waals surface area contributed by atoms with Crippen LogP contribution in [-0.4, -0.2) is 11.6 Å². The van der Waals surface area contributed by atoms with E-state index < -0.39 is 0 Å². The van der Waals surface area contributed by atoms with Gasteiger partial charge in [0, 0.05) is 36.5 Å². The Morgan fingerprint density at radius 2 is 0.808 bits per heavy atom. The summed E-state index contributed by atoms with van der Waals surface area (Å²) in [6.45, 7) is 0. The molecule has 3 aromatic rings. The quantitative estimate of drug-likeness (QED) is 0.130. The molecule has 0 fully saturated rings. The van der Waals surface area contributed by atoms with E-state index in [0.717, 1.165) is 14.3 Å². The number of benzene rings is 3. The van der Waals surface area contributed by atoms with E-state index in [1.807, 2.05) is 36.4 Å². The molecule has 0 saturated carbocycles. The van der Waals surface area contributed by atoms with Gasteiger partial charge < -0.3 is 0 Å². The maximum atomic E-state index is 13.3. The van der Waals surface area contributed by atoms with Gasteiger partial charge in [-0.2, -0.15) is 0 Å². The van der Waals surface area contributed by atoms with Gasteiger partial charge in [-0.05, 0) is 90.4 Å². The molecule has 0 unspecified atom stereocenters. The van der Waals surface area contributed by atoms with E-state index >= 15 is 0 Å². The molecule has 3 rings (SSSR count). The van der Waals surface area contributed by atoms with Crippen molar-refractivity contribution in [2.24, 2.45) is 0 Å². The summed E-state index contributed by atoms with van der Waals surface area (Å²) in [6.07, 6.45) is 0. The molecule has 0 aliphatic carbocycles. The maximum absolute atomic E-state index is 13.3. The lowest BCUT2D eigenvalue weighted by molar-refractivity contribution is 0.100. The van der Waals surface area contributed by atoms with Crippen molar-refractivity contribution >= 4 is 102 Å². The van der Waals surface area contributed by atoms with Crippen molar-refractivity contribution in [2.45, 2.75) is 0 Å². The van der Waals surface area contributed by atoms with Crippen LogP contribution in [0.5, 0.6) is 0 Å². The highest BCUT2D eigenvalue weighted by Crippen LogP contribution is 2.35. The van der Waals surface area contributed by atoms with E-state index in [9.17, 15) is 9.59 Å². The number of halogens is 4. The average Bonchev–Trinajstić information content (AvgIpc) is 2.69. The predicted octanol–water partition coefficient (Wildman–Crippen LogP) is 6.57. The lowest BCUT2D eigenvalue weighted by Crippen LogP contribution is -2.17. The van der Waals surface area contributed by atoms with Crippen LogP contribution in [-0.2, 0) is 0 Å². The molecule has 0 amide bonds. The first-order valence-electron chi connectivity index (χ1n) is 7.49. The van der Waals surface area contributed by atoms with E-state index in [0.29, 0.717) is 22.3 Å². The normalized spacial score (nSPS) is 10.6. The van der Waals surface area contributed by atoms with Crippen LogP contribution >= 0.6 is 90.4 Å². The third-order valence-corrected chi connectivity index (χ3v) is 11.2. The highest BCUT2D eigenvalue weighted by Gasteiger charge is 2.28. The van der Waals surface area contributed by atoms with E-state index in [1.165, 1.54) is 0 Å². The SMILES string of the molecule is O=C(c1ccccc1)c1c(I)c(I)c(I)c(I)c1C(=O)c1ccccc1. The first kappa shape index (κ1) is 20.6. The topological polar surface area (TPSA) is 34.1 Å². The molecule has 3 aromatic carbocycles. The molecule has 0 bridgehead atoms. The lowest BCUT2D eigenvalue weighted by Gasteiger charge is -2.16. The Hall–Kier alpha value is -0.0800. The first-order valence-corrected chi connectivity index (χ1v) is 11.8. The van der Waals surface area contributed by atoms with Gasteiger partial charge in [0.05, 0.1) is 0 Å². The van der Waals surface area contributed by atoms with E-state index in [-0.39, 0.29) is 11.6 Å². The molecule has 0 spiro atoms. The fourth-order valence-electron chi connectivity index (χ4n) is 2.53. The van der Waals surface area contributed by atoms with Crippen LogP contribution in [0.4, 0.5) is 0 Å². The van der Waals surface area contributed by atoms with E-state index in [4.69, 9.17) is 0 Å². The van der Waals surface area contributed by atoms with Crippen LogP contribution in [0.1, 0.15) is 31.8 Å². The molecule has 0 radical (unpaired) electrons. The first-order chi connectivity index (χ1) is 12.4. The van der Waals surface area contributed by atoms with Crippen LogP contribution in [0.3, 0.4) is 0 Å². The van der Waals surface area contributed by atoms with Gasteiger partial charge in [0.1, 0.15) is 0 Å². The van der Waals surface area contributed by atoms with Crippen molar-refractivity contribution in [2.75, 3.05) is 0 Å². The summed E-state index contributed by atoms with van der Waals surface area (Å²) in [4.78, 5) is 26.5. The third kappa shape index (κ3) is 4.02. The lowest BCUT2D eigenvalue weighted by atomic mass is 9.93. The van der Waals surface area contributed by atoms with Crippen molar-refractivity contribution in [3.8, 4) is 0 Å². The molecule has 0 aromatic heterocycles. The van der Waals surface area contributed by atoms with Gasteiger partial charge in [0.25, 0.3) is 0 Å². The number of ketones is 2. The van der Waals surface area contributed by atoms with Crippen LogP contribution in [0.25, 0.3) is 0 Å². The Labute approximate surface area is 206 Å². The van der Waals surface area contributed by atoms with Crippen molar-refractivity contribution in [1.82, 2.24) is 0 Å². The van der Waals surface area contributed by atoms with Crippen molar-refractivity contribution < 1.29 is 9.59 Å². The zero-order valence-corrected chi connectivity index (χ0v) is 21.7. The second kappa shape index (κ2) is 8.95. The van der Waals surface area contributed by atoms with Gasteiger partial charge in [0.2, 0.25) is 0 Å². The zero-order valence-electron chi connectivity index (χ0n) is 13.1. The summed E-state index contributed by atoms with van der Waals surface area (Å²) >= 11 is 8.85. The van der Waals surface area contributed by atoms with Gasteiger partial charge in [-0.25, -0.2) is 0 Å². The molecule has 2 nitrogen and oxygen atoms in total. The summed E-state index contributed by atoms with van der Waals surface area (Å²) in [5, 5.41) is 0. The molecular weight excluding hydrogens is 780 g/mol. The maximum Gasteiger partial charge on any atom is 0.194 e. The third-order valence-electron chi connectivity index (χ3n) is 3.79. The summed E-state index contributed by atoms with van der Waals surface area (Å²) in [5.74, 6) is -0.247. The molecule has 0 heterocycles. The summed E-state index contributed by atoms with van der Waals surface area (Å²) in [5.41, 5.74) is 2.14. The molecule has 0 aliphatic heterocycles. The summed E-state index contributed by atoms with van der Waals surface area (Å²) < 4.78 is 3.64. The number of carbonyl (C=O) groups excluding carboxylic acids is 2. The van der Waals surface area contributed by atoms with E-state index in [2.05, 4.69) is 90.4 Å². The molecule has 0 atom stereocenters. The largest absolute Gasteiger partial charge is 0.289 e. The Morgan fingerprint density at radius 1 is 0.500 bits per heavy atom. The van der Waals surface area contributed by atoms with Crippen molar-refractivity contribution in [3.05, 3.63) is 97.2 Å². The Kier molecular flexibility index (Phi) is 7.11. The Morgan fingerprint density at radius 3 is 1.12 bits per heavy atom. The van der Waals surface area contributed by atoms with Gasteiger partial charge in [-0.3, -0.25) is 9.59 Å². The van der Waals surface area contributed by atoms with Crippen molar-refractivity contribution in [1.29, 1.82) is 0 Å². The molecular formula is C20H10I4O2. The number of carbonyl (C=O) groups is 2. The second-order valence-electron chi connectivity index (χ2n) is 5.40. The Balaban J connectivity index is 2.30. The number of rotatable bonds is 4. The van der Waals surface area contributed by atoms with Gasteiger partial charge in [0.15, 0.2) is 11.6 Å². The standard InChI is InChI=1S/C20H10I4O2/c21-15-13(19(25)11-7-3-1-4-8-11)14(16(22)18(24)17(15)23)20(26)12-9-5-2-6-10-12/h1-10H. The van der Waals surface area contributed by atoms with Crippen LogP contribution in [0.2, 0.25) is 0 Å². The number of hydrogen-bond acceptors (Lipinski definition) is 2. The highest BCUT2D eigenvalue weighted by atomic mass is 127. The highest BCUT2D eigenvalue weighted by molar-refractivity contribution is 14.1. The van der Waals surface area contributed by atoms with Crippen LogP contribution in [0, 0.1) is 14.3 Å². The summed E-state index contributed by atoms with van der Waals surface area (Å²) in [7, 11) is 0. The van der Waals surface area contributed by atoms with Gasteiger partial charge in [-0.1, -0.05) is 60.7 Å². The second-order valence-corrected chi connectivity index (χ2v) is 9.71. The van der Waals surface area contributed by atoms with E-state index in [1.54, 1.807) is 24.3 Å². The fraction of sp³-hybridized carbons (Fsp3) is 0. The fourth-order valence-corrected chi connectivity index (χ4v) is 6.21. The smallest absolute Gasteiger partial charge is 0.194 e. The Bertz CT molecular complexity index is 917. The average molecular weight is 790 g/mol.